The lowest BCUT2D eigenvalue weighted by atomic mass is 9.47. The molecule has 4 unspecified atom stereocenters. The van der Waals surface area contributed by atoms with Crippen LogP contribution in [0.4, 0.5) is 17.1 Å². The van der Waals surface area contributed by atoms with E-state index in [2.05, 4.69) is 30.5 Å². The van der Waals surface area contributed by atoms with Crippen molar-refractivity contribution in [3.63, 3.8) is 0 Å². The largest absolute Gasteiger partial charge is 0.393 e. The van der Waals surface area contributed by atoms with E-state index in [-0.39, 0.29) is 34.0 Å². The van der Waals surface area contributed by atoms with Gasteiger partial charge in [0.1, 0.15) is 5.69 Å². The summed E-state index contributed by atoms with van der Waals surface area (Å²) < 4.78 is 0. The predicted molar refractivity (Wildman–Crippen MR) is 129 cm³/mol. The number of nitrogens with zero attached hydrogens (tertiary/aromatic N) is 3. The first-order chi connectivity index (χ1) is 16.1. The molecular weight excluding hydrogens is 436 g/mol. The third-order valence-electron chi connectivity index (χ3n) is 9.64. The van der Waals surface area contributed by atoms with Gasteiger partial charge in [0.2, 0.25) is 0 Å². The van der Waals surface area contributed by atoms with Crippen molar-refractivity contribution in [3.05, 3.63) is 50.1 Å². The van der Waals surface area contributed by atoms with Crippen LogP contribution in [0, 0.1) is 48.8 Å². The molecule has 0 bridgehead atoms. The number of fused-ring (bicyclic) bond motifs is 5. The summed E-state index contributed by atoms with van der Waals surface area (Å²) >= 11 is 0. The molecule has 3 fully saturated rings. The van der Waals surface area contributed by atoms with Crippen molar-refractivity contribution in [3.8, 4) is 0 Å². The molecule has 34 heavy (non-hydrogen) atoms. The van der Waals surface area contributed by atoms with Crippen molar-refractivity contribution in [2.45, 2.75) is 71.3 Å². The number of anilines is 1. The molecule has 0 aliphatic heterocycles. The van der Waals surface area contributed by atoms with Crippen LogP contribution in [-0.4, -0.2) is 26.8 Å². The van der Waals surface area contributed by atoms with Crippen LogP contribution in [0.3, 0.4) is 0 Å². The zero-order valence-corrected chi connectivity index (χ0v) is 19.7. The van der Waals surface area contributed by atoms with Crippen LogP contribution in [0.25, 0.3) is 0 Å². The molecule has 9 heteroatoms. The van der Waals surface area contributed by atoms with E-state index >= 15 is 0 Å². The van der Waals surface area contributed by atoms with E-state index in [1.54, 1.807) is 0 Å². The van der Waals surface area contributed by atoms with Gasteiger partial charge in [0.05, 0.1) is 27.7 Å². The molecule has 0 spiro atoms. The van der Waals surface area contributed by atoms with Gasteiger partial charge in [-0.25, -0.2) is 0 Å². The standard InChI is InChI=1S/C25H32N4O5/c1-24-11-9-16(26-27-21-7-4-17(28(31)32)14-22(21)29(33)34)13-15(24)3-5-18-19-6-8-23(30)25(19,2)12-10-20(18)24/h4,7,13-14,18-20,23,27,30H,3,5-6,8-12H2,1-2H3/b26-16+/t18?,19?,20?,23?,24-,25-/m0/s1. The minimum absolute atomic E-state index is 0.0728. The number of nitrogens with one attached hydrogen (secondary N) is 1. The Kier molecular flexibility index (Phi) is 5.50. The molecule has 3 saturated carbocycles. The van der Waals surface area contributed by atoms with Crippen LogP contribution in [0.2, 0.25) is 0 Å². The highest BCUT2D eigenvalue weighted by Gasteiger charge is 2.58. The molecular formula is C25H32N4O5. The van der Waals surface area contributed by atoms with E-state index in [9.17, 15) is 25.3 Å². The average Bonchev–Trinajstić information content (AvgIpc) is 3.11. The van der Waals surface area contributed by atoms with E-state index in [4.69, 9.17) is 0 Å². The van der Waals surface area contributed by atoms with Gasteiger partial charge in [-0.3, -0.25) is 25.7 Å². The highest BCUT2D eigenvalue weighted by atomic mass is 16.6. The molecule has 0 amide bonds. The first-order valence-corrected chi connectivity index (χ1v) is 12.3. The minimum atomic E-state index is -0.647. The van der Waals surface area contributed by atoms with Gasteiger partial charge >= 0.3 is 5.69 Å². The first-order valence-electron chi connectivity index (χ1n) is 12.3. The number of rotatable bonds is 4. The summed E-state index contributed by atoms with van der Waals surface area (Å²) in [6, 6.07) is 3.53. The third kappa shape index (κ3) is 3.52. The quantitative estimate of drug-likeness (QED) is 0.437. The van der Waals surface area contributed by atoms with Gasteiger partial charge in [-0.05, 0) is 92.1 Å². The number of allylic oxidation sites excluding steroid dienone is 2. The molecule has 9 nitrogen and oxygen atoms in total. The number of aliphatic hydroxyl groups excluding tert-OH is 1. The van der Waals surface area contributed by atoms with Crippen molar-refractivity contribution < 1.29 is 15.0 Å². The number of aliphatic hydroxyl groups is 1. The fourth-order valence-corrected chi connectivity index (χ4v) is 7.64. The minimum Gasteiger partial charge on any atom is -0.393 e. The van der Waals surface area contributed by atoms with Crippen molar-refractivity contribution in [1.29, 1.82) is 0 Å². The number of hydrogen-bond donors (Lipinski definition) is 2. The molecule has 0 radical (unpaired) electrons. The second-order valence-electron chi connectivity index (χ2n) is 11.1. The molecule has 4 aliphatic carbocycles. The Morgan fingerprint density at radius 3 is 2.56 bits per heavy atom. The summed E-state index contributed by atoms with van der Waals surface area (Å²) in [4.78, 5) is 21.1. The SMILES string of the molecule is C[C@]12CCC3C(CCC4=C/C(=N/Nc5ccc([N+](=O)[O-])cc5[N+](=O)[O-])CC[C@@]43C)C1CCC2O. The van der Waals surface area contributed by atoms with Gasteiger partial charge in [-0.1, -0.05) is 19.4 Å². The molecule has 0 saturated heterocycles. The maximum atomic E-state index is 11.4. The lowest BCUT2D eigenvalue weighted by Gasteiger charge is -2.57. The predicted octanol–water partition coefficient (Wildman–Crippen LogP) is 5.59. The number of nitro benzene ring substituents is 2. The zero-order valence-electron chi connectivity index (χ0n) is 19.7. The Hall–Kier alpha value is -2.81. The Morgan fingerprint density at radius 1 is 1.03 bits per heavy atom. The summed E-state index contributed by atoms with van der Waals surface area (Å²) in [6.45, 7) is 4.70. The topological polar surface area (TPSA) is 131 Å². The fourth-order valence-electron chi connectivity index (χ4n) is 7.64. The summed E-state index contributed by atoms with van der Waals surface area (Å²) in [6.07, 6.45) is 10.3. The molecule has 4 aliphatic rings. The van der Waals surface area contributed by atoms with Crippen molar-refractivity contribution >= 4 is 22.8 Å². The number of hydrazone groups is 1. The Labute approximate surface area is 198 Å². The maximum absolute atomic E-state index is 11.4. The molecule has 1 aromatic carbocycles. The first kappa shape index (κ1) is 23.0. The zero-order chi connectivity index (χ0) is 24.3. The lowest BCUT2D eigenvalue weighted by molar-refractivity contribution is -0.393. The highest BCUT2D eigenvalue weighted by molar-refractivity contribution is 5.97. The molecule has 182 valence electrons. The van der Waals surface area contributed by atoms with Crippen molar-refractivity contribution in [2.24, 2.45) is 33.7 Å². The highest BCUT2D eigenvalue weighted by Crippen LogP contribution is 2.65. The third-order valence-corrected chi connectivity index (χ3v) is 9.64. The van der Waals surface area contributed by atoms with Gasteiger partial charge in [0, 0.05) is 6.07 Å². The Balaban J connectivity index is 1.36. The lowest BCUT2D eigenvalue weighted by Crippen LogP contribution is -2.51. The second-order valence-corrected chi connectivity index (χ2v) is 11.1. The summed E-state index contributed by atoms with van der Waals surface area (Å²) in [5.41, 5.74) is 4.72. The summed E-state index contributed by atoms with van der Waals surface area (Å²) in [7, 11) is 0. The Bertz CT molecular complexity index is 1100. The second kappa shape index (κ2) is 8.15. The van der Waals surface area contributed by atoms with Crippen LogP contribution in [-0.2, 0) is 0 Å². The Morgan fingerprint density at radius 2 is 1.82 bits per heavy atom. The van der Waals surface area contributed by atoms with E-state index in [0.29, 0.717) is 17.8 Å². The smallest absolute Gasteiger partial charge is 0.301 e. The van der Waals surface area contributed by atoms with Crippen LogP contribution in [0.1, 0.15) is 65.2 Å². The molecule has 0 aromatic heterocycles. The molecule has 2 N–H and O–H groups in total. The van der Waals surface area contributed by atoms with Gasteiger partial charge in [-0.2, -0.15) is 5.10 Å². The number of hydrogen-bond acceptors (Lipinski definition) is 7. The van der Waals surface area contributed by atoms with E-state index in [1.807, 2.05) is 0 Å². The molecule has 1 aromatic rings. The van der Waals surface area contributed by atoms with E-state index in [0.717, 1.165) is 63.1 Å². The van der Waals surface area contributed by atoms with Crippen LogP contribution >= 0.6 is 0 Å². The summed E-state index contributed by atoms with van der Waals surface area (Å²) in [5, 5.41) is 37.5. The molecule has 0 heterocycles. The fraction of sp³-hybridized carbons (Fsp3) is 0.640. The average molecular weight is 469 g/mol. The van der Waals surface area contributed by atoms with Gasteiger partial charge < -0.3 is 5.11 Å². The van der Waals surface area contributed by atoms with Gasteiger partial charge in [0.25, 0.3) is 5.69 Å². The van der Waals surface area contributed by atoms with Crippen LogP contribution < -0.4 is 5.43 Å². The molecule has 6 atom stereocenters. The normalized spacial score (nSPS) is 37.9. The van der Waals surface area contributed by atoms with Crippen molar-refractivity contribution in [2.75, 3.05) is 5.43 Å². The van der Waals surface area contributed by atoms with Crippen LogP contribution in [0.15, 0.2) is 34.9 Å². The van der Waals surface area contributed by atoms with E-state index < -0.39 is 9.85 Å². The van der Waals surface area contributed by atoms with Gasteiger partial charge in [0.15, 0.2) is 0 Å². The number of non-ortho nitro benzene ring substituents is 1. The van der Waals surface area contributed by atoms with E-state index in [1.165, 1.54) is 17.7 Å². The number of nitro groups is 2. The number of benzene rings is 1. The summed E-state index contributed by atoms with van der Waals surface area (Å²) in [5.74, 6) is 1.90. The maximum Gasteiger partial charge on any atom is 0.301 e. The van der Waals surface area contributed by atoms with Gasteiger partial charge in [-0.15, -0.1) is 0 Å². The monoisotopic (exact) mass is 468 g/mol. The molecule has 5 rings (SSSR count). The van der Waals surface area contributed by atoms with Crippen LogP contribution in [0.5, 0.6) is 0 Å². The van der Waals surface area contributed by atoms with Crippen molar-refractivity contribution in [1.82, 2.24) is 0 Å².